The number of carbonyl (C=O) groups is 1. The summed E-state index contributed by atoms with van der Waals surface area (Å²) in [5.41, 5.74) is 1.29. The van der Waals surface area contributed by atoms with Crippen LogP contribution in [0, 0.1) is 12.7 Å². The second kappa shape index (κ2) is 9.16. The summed E-state index contributed by atoms with van der Waals surface area (Å²) in [6, 6.07) is 7.83. The number of hydrogen-bond acceptors (Lipinski definition) is 4. The fourth-order valence-electron chi connectivity index (χ4n) is 2.30. The number of rotatable bonds is 8. The van der Waals surface area contributed by atoms with Gasteiger partial charge in [0, 0.05) is 24.1 Å². The number of halogens is 2. The summed E-state index contributed by atoms with van der Waals surface area (Å²) in [6.45, 7) is 1.88. The molecule has 0 saturated heterocycles. The lowest BCUT2D eigenvalue weighted by molar-refractivity contribution is -0.116. The number of amides is 1. The number of anilines is 1. The molecule has 9 heteroatoms. The van der Waals surface area contributed by atoms with Crippen molar-refractivity contribution in [3.8, 4) is 5.75 Å². The summed E-state index contributed by atoms with van der Waals surface area (Å²) in [5.74, 6) is -0.356. The molecule has 2 N–H and O–H groups in total. The van der Waals surface area contributed by atoms with Crippen molar-refractivity contribution in [1.29, 1.82) is 0 Å². The smallest absolute Gasteiger partial charge is 0.240 e. The number of sulfonamides is 1. The van der Waals surface area contributed by atoms with Crippen LogP contribution >= 0.6 is 11.6 Å². The van der Waals surface area contributed by atoms with Crippen LogP contribution in [0.25, 0.3) is 0 Å². The van der Waals surface area contributed by atoms with Crippen molar-refractivity contribution in [2.45, 2.75) is 24.7 Å². The van der Waals surface area contributed by atoms with E-state index in [0.29, 0.717) is 22.9 Å². The van der Waals surface area contributed by atoms with Crippen molar-refractivity contribution in [2.75, 3.05) is 19.0 Å². The van der Waals surface area contributed by atoms with Gasteiger partial charge in [-0.05, 0) is 49.2 Å². The molecule has 0 spiro atoms. The molecular weight excluding hydrogens is 395 g/mol. The minimum absolute atomic E-state index is 0.0327. The molecule has 2 rings (SSSR count). The van der Waals surface area contributed by atoms with E-state index in [1.807, 2.05) is 6.92 Å². The van der Waals surface area contributed by atoms with Crippen molar-refractivity contribution in [2.24, 2.45) is 0 Å². The number of nitrogens with one attached hydrogen (secondary N) is 2. The van der Waals surface area contributed by atoms with Crippen LogP contribution in [-0.2, 0) is 14.8 Å². The van der Waals surface area contributed by atoms with E-state index in [0.717, 1.165) is 17.7 Å². The van der Waals surface area contributed by atoms with Gasteiger partial charge in [-0.25, -0.2) is 17.5 Å². The summed E-state index contributed by atoms with van der Waals surface area (Å²) < 4.78 is 44.6. The Morgan fingerprint density at radius 1 is 1.22 bits per heavy atom. The van der Waals surface area contributed by atoms with Crippen molar-refractivity contribution < 1.29 is 22.3 Å². The van der Waals surface area contributed by atoms with Gasteiger partial charge in [-0.3, -0.25) is 4.79 Å². The number of hydrogen-bond donors (Lipinski definition) is 2. The molecule has 2 aromatic carbocycles. The quantitative estimate of drug-likeness (QED) is 0.647. The fourth-order valence-corrected chi connectivity index (χ4v) is 3.52. The van der Waals surface area contributed by atoms with Gasteiger partial charge in [0.2, 0.25) is 15.9 Å². The Kier molecular flexibility index (Phi) is 7.18. The first-order valence-electron chi connectivity index (χ1n) is 8.12. The zero-order valence-electron chi connectivity index (χ0n) is 14.9. The fraction of sp³-hybridized carbons (Fsp3) is 0.278. The molecule has 0 radical (unpaired) electrons. The van der Waals surface area contributed by atoms with Crippen LogP contribution in [0.3, 0.4) is 0 Å². The summed E-state index contributed by atoms with van der Waals surface area (Å²) >= 11 is 6.03. The normalized spacial score (nSPS) is 11.3. The average Bonchev–Trinajstić information content (AvgIpc) is 2.62. The Balaban J connectivity index is 1.86. The molecule has 0 heterocycles. The highest BCUT2D eigenvalue weighted by atomic mass is 35.5. The predicted molar refractivity (Wildman–Crippen MR) is 102 cm³/mol. The van der Waals surface area contributed by atoms with Gasteiger partial charge in [-0.15, -0.1) is 0 Å². The Morgan fingerprint density at radius 2 is 1.89 bits per heavy atom. The molecule has 27 heavy (non-hydrogen) atoms. The zero-order valence-corrected chi connectivity index (χ0v) is 16.5. The molecule has 0 unspecified atom stereocenters. The van der Waals surface area contributed by atoms with Gasteiger partial charge in [0.1, 0.15) is 11.6 Å². The van der Waals surface area contributed by atoms with Gasteiger partial charge < -0.3 is 10.1 Å². The van der Waals surface area contributed by atoms with E-state index in [4.69, 9.17) is 16.3 Å². The first-order chi connectivity index (χ1) is 12.7. The van der Waals surface area contributed by atoms with E-state index in [-0.39, 0.29) is 23.8 Å². The summed E-state index contributed by atoms with van der Waals surface area (Å²) in [4.78, 5) is 12.1. The molecule has 0 atom stereocenters. The Morgan fingerprint density at radius 3 is 2.52 bits per heavy atom. The topological polar surface area (TPSA) is 84.5 Å². The molecule has 6 nitrogen and oxygen atoms in total. The molecule has 1 amide bonds. The van der Waals surface area contributed by atoms with Gasteiger partial charge >= 0.3 is 0 Å². The average molecular weight is 415 g/mol. The molecule has 0 aliphatic rings. The predicted octanol–water partition coefficient (Wildman–Crippen LogP) is 3.49. The van der Waals surface area contributed by atoms with Crippen molar-refractivity contribution >= 4 is 33.2 Å². The van der Waals surface area contributed by atoms with Gasteiger partial charge in [0.25, 0.3) is 0 Å². The largest absolute Gasteiger partial charge is 0.495 e. The maximum absolute atomic E-state index is 12.9. The molecule has 0 saturated carbocycles. The van der Waals surface area contributed by atoms with E-state index >= 15 is 0 Å². The standard InChI is InChI=1S/C18H20ClFN2O4S/c1-12-10-16(17(26-2)11-15(12)19)22-18(23)4-3-9-21-27(24,25)14-7-5-13(20)6-8-14/h5-8,10-11,21H,3-4,9H2,1-2H3,(H,22,23). The molecule has 0 aliphatic carbocycles. The summed E-state index contributed by atoms with van der Waals surface area (Å²) in [7, 11) is -2.26. The molecule has 0 fully saturated rings. The van der Waals surface area contributed by atoms with Crippen LogP contribution in [0.4, 0.5) is 10.1 Å². The molecule has 146 valence electrons. The van der Waals surface area contributed by atoms with Gasteiger partial charge in [-0.2, -0.15) is 0 Å². The minimum atomic E-state index is -3.74. The van der Waals surface area contributed by atoms with Crippen LogP contribution in [0.1, 0.15) is 18.4 Å². The summed E-state index contributed by atoms with van der Waals surface area (Å²) in [5, 5.41) is 3.25. The third-order valence-electron chi connectivity index (χ3n) is 3.75. The lowest BCUT2D eigenvalue weighted by atomic mass is 10.2. The van der Waals surface area contributed by atoms with E-state index in [1.54, 1.807) is 12.1 Å². The van der Waals surface area contributed by atoms with Crippen LogP contribution < -0.4 is 14.8 Å². The van der Waals surface area contributed by atoms with Gasteiger partial charge in [0.05, 0.1) is 17.7 Å². The lowest BCUT2D eigenvalue weighted by Gasteiger charge is -2.12. The van der Waals surface area contributed by atoms with Gasteiger partial charge in [-0.1, -0.05) is 11.6 Å². The highest BCUT2D eigenvalue weighted by Crippen LogP contribution is 2.31. The monoisotopic (exact) mass is 414 g/mol. The maximum atomic E-state index is 12.9. The van der Waals surface area contributed by atoms with E-state index in [9.17, 15) is 17.6 Å². The lowest BCUT2D eigenvalue weighted by Crippen LogP contribution is -2.25. The Hall–Kier alpha value is -2.16. The van der Waals surface area contributed by atoms with Crippen LogP contribution in [-0.4, -0.2) is 28.0 Å². The van der Waals surface area contributed by atoms with Gasteiger partial charge in [0.15, 0.2) is 0 Å². The second-order valence-corrected chi connectivity index (χ2v) is 7.98. The van der Waals surface area contributed by atoms with Crippen LogP contribution in [0.2, 0.25) is 5.02 Å². The van der Waals surface area contributed by atoms with E-state index < -0.39 is 15.8 Å². The SMILES string of the molecule is COc1cc(Cl)c(C)cc1NC(=O)CCCNS(=O)(=O)c1ccc(F)cc1. The van der Waals surface area contributed by atoms with Crippen molar-refractivity contribution in [3.63, 3.8) is 0 Å². The molecular formula is C18H20ClFN2O4S. The first kappa shape index (κ1) is 21.1. The number of carbonyl (C=O) groups excluding carboxylic acids is 1. The zero-order chi connectivity index (χ0) is 20.0. The first-order valence-corrected chi connectivity index (χ1v) is 9.98. The number of ether oxygens (including phenoxy) is 1. The molecule has 2 aromatic rings. The maximum Gasteiger partial charge on any atom is 0.240 e. The minimum Gasteiger partial charge on any atom is -0.495 e. The summed E-state index contributed by atoms with van der Waals surface area (Å²) in [6.07, 6.45) is 0.401. The number of benzene rings is 2. The highest BCUT2D eigenvalue weighted by Gasteiger charge is 2.14. The number of methoxy groups -OCH3 is 1. The van der Waals surface area contributed by atoms with Crippen molar-refractivity contribution in [1.82, 2.24) is 4.72 Å². The highest BCUT2D eigenvalue weighted by molar-refractivity contribution is 7.89. The second-order valence-electron chi connectivity index (χ2n) is 5.81. The van der Waals surface area contributed by atoms with Crippen molar-refractivity contribution in [3.05, 3.63) is 52.8 Å². The Bertz CT molecular complexity index is 918. The molecule has 0 bridgehead atoms. The third-order valence-corrected chi connectivity index (χ3v) is 5.64. The molecule has 0 aromatic heterocycles. The van der Waals surface area contributed by atoms with E-state index in [2.05, 4.69) is 10.0 Å². The molecule has 0 aliphatic heterocycles. The van der Waals surface area contributed by atoms with Crippen LogP contribution in [0.15, 0.2) is 41.3 Å². The number of aryl methyl sites for hydroxylation is 1. The van der Waals surface area contributed by atoms with Crippen LogP contribution in [0.5, 0.6) is 5.75 Å². The Labute approximate surface area is 162 Å². The third kappa shape index (κ3) is 5.92. The van der Waals surface area contributed by atoms with E-state index in [1.165, 1.54) is 19.2 Å².